The minimum Gasteiger partial charge on any atom is -0.497 e. The van der Waals surface area contributed by atoms with Crippen LogP contribution < -0.4 is 21.1 Å². The van der Waals surface area contributed by atoms with Crippen molar-refractivity contribution in [1.29, 1.82) is 0 Å². The van der Waals surface area contributed by atoms with Gasteiger partial charge in [-0.05, 0) is 42.3 Å². The van der Waals surface area contributed by atoms with Gasteiger partial charge in [-0.25, -0.2) is 9.48 Å². The Labute approximate surface area is 149 Å². The smallest absolute Gasteiger partial charge is 0.350 e. The van der Waals surface area contributed by atoms with Crippen LogP contribution in [0.1, 0.15) is 18.0 Å². The van der Waals surface area contributed by atoms with Crippen molar-refractivity contribution in [2.75, 3.05) is 18.6 Å². The molecule has 1 unspecified atom stereocenters. The van der Waals surface area contributed by atoms with Crippen LogP contribution in [0.15, 0.2) is 47.4 Å². The SMILES string of the molecule is COc1ccc2c(c1)C(N)CCN2C(=O)Cn1nc2ccccn2c1=O. The van der Waals surface area contributed by atoms with Crippen LogP contribution in [0.3, 0.4) is 0 Å². The number of benzene rings is 1. The second-order valence-electron chi connectivity index (χ2n) is 6.23. The Morgan fingerprint density at radius 1 is 1.35 bits per heavy atom. The molecule has 8 heteroatoms. The molecule has 2 N–H and O–H groups in total. The summed E-state index contributed by atoms with van der Waals surface area (Å²) in [5.74, 6) is 0.499. The van der Waals surface area contributed by atoms with Crippen LogP contribution >= 0.6 is 0 Å². The fourth-order valence-corrected chi connectivity index (χ4v) is 3.29. The summed E-state index contributed by atoms with van der Waals surface area (Å²) in [4.78, 5) is 26.9. The molecule has 0 aliphatic carbocycles. The fraction of sp³-hybridized carbons (Fsp3) is 0.278. The number of nitrogens with zero attached hydrogens (tertiary/aromatic N) is 4. The minimum atomic E-state index is -0.336. The molecule has 0 saturated heterocycles. The largest absolute Gasteiger partial charge is 0.497 e. The normalized spacial score (nSPS) is 16.5. The van der Waals surface area contributed by atoms with E-state index in [1.54, 1.807) is 42.5 Å². The molecule has 1 amide bonds. The van der Waals surface area contributed by atoms with Gasteiger partial charge in [0.05, 0.1) is 7.11 Å². The van der Waals surface area contributed by atoms with Crippen molar-refractivity contribution in [1.82, 2.24) is 14.2 Å². The van der Waals surface area contributed by atoms with Crippen molar-refractivity contribution >= 4 is 17.2 Å². The molecule has 26 heavy (non-hydrogen) atoms. The number of ether oxygens (including phenoxy) is 1. The van der Waals surface area contributed by atoms with Crippen LogP contribution in [-0.2, 0) is 11.3 Å². The first-order chi connectivity index (χ1) is 12.6. The quantitative estimate of drug-likeness (QED) is 0.756. The van der Waals surface area contributed by atoms with E-state index in [2.05, 4.69) is 5.10 Å². The molecule has 1 atom stereocenters. The van der Waals surface area contributed by atoms with Gasteiger partial charge in [-0.3, -0.25) is 9.20 Å². The Bertz CT molecular complexity index is 1040. The lowest BCUT2D eigenvalue weighted by Gasteiger charge is -2.33. The van der Waals surface area contributed by atoms with E-state index in [1.165, 1.54) is 9.08 Å². The molecule has 0 bridgehead atoms. The third-order valence-corrected chi connectivity index (χ3v) is 4.66. The van der Waals surface area contributed by atoms with Gasteiger partial charge in [0.1, 0.15) is 12.3 Å². The molecule has 0 spiro atoms. The average molecular weight is 353 g/mol. The van der Waals surface area contributed by atoms with Crippen molar-refractivity contribution in [2.45, 2.75) is 19.0 Å². The first kappa shape index (κ1) is 16.3. The number of aromatic nitrogens is 3. The van der Waals surface area contributed by atoms with Crippen molar-refractivity contribution in [3.63, 3.8) is 0 Å². The maximum absolute atomic E-state index is 12.9. The van der Waals surface area contributed by atoms with E-state index in [0.29, 0.717) is 24.4 Å². The lowest BCUT2D eigenvalue weighted by molar-refractivity contribution is -0.119. The molecule has 3 heterocycles. The van der Waals surface area contributed by atoms with E-state index < -0.39 is 0 Å². The highest BCUT2D eigenvalue weighted by Gasteiger charge is 2.28. The van der Waals surface area contributed by atoms with Crippen molar-refractivity contribution < 1.29 is 9.53 Å². The second-order valence-corrected chi connectivity index (χ2v) is 6.23. The molecular formula is C18H19N5O3. The van der Waals surface area contributed by atoms with Gasteiger partial charge in [-0.2, -0.15) is 0 Å². The summed E-state index contributed by atoms with van der Waals surface area (Å²) in [6.07, 6.45) is 2.28. The number of pyridine rings is 1. The van der Waals surface area contributed by atoms with Crippen LogP contribution in [-0.4, -0.2) is 33.7 Å². The highest BCUT2D eigenvalue weighted by Crippen LogP contribution is 2.35. The van der Waals surface area contributed by atoms with E-state index in [4.69, 9.17) is 10.5 Å². The van der Waals surface area contributed by atoms with Crippen LogP contribution in [0.2, 0.25) is 0 Å². The number of carbonyl (C=O) groups is 1. The van der Waals surface area contributed by atoms with Crippen LogP contribution in [0.25, 0.3) is 5.65 Å². The highest BCUT2D eigenvalue weighted by atomic mass is 16.5. The maximum Gasteiger partial charge on any atom is 0.350 e. The Morgan fingerprint density at radius 3 is 2.96 bits per heavy atom. The van der Waals surface area contributed by atoms with E-state index in [0.717, 1.165) is 11.3 Å². The Balaban J connectivity index is 1.66. The molecule has 0 radical (unpaired) electrons. The molecule has 2 aromatic heterocycles. The van der Waals surface area contributed by atoms with E-state index in [9.17, 15) is 9.59 Å². The lowest BCUT2D eigenvalue weighted by Crippen LogP contribution is -2.41. The summed E-state index contributed by atoms with van der Waals surface area (Å²) in [6, 6.07) is 10.6. The van der Waals surface area contributed by atoms with Gasteiger partial charge in [0.25, 0.3) is 0 Å². The number of anilines is 1. The predicted octanol–water partition coefficient (Wildman–Crippen LogP) is 0.941. The first-order valence-corrected chi connectivity index (χ1v) is 8.36. The summed E-state index contributed by atoms with van der Waals surface area (Å²) in [5.41, 5.74) is 7.99. The zero-order chi connectivity index (χ0) is 18.3. The molecule has 1 aliphatic heterocycles. The van der Waals surface area contributed by atoms with E-state index in [-0.39, 0.29) is 24.2 Å². The third kappa shape index (κ3) is 2.64. The molecule has 0 fully saturated rings. The molecule has 134 valence electrons. The number of rotatable bonds is 3. The van der Waals surface area contributed by atoms with Crippen LogP contribution in [0.5, 0.6) is 5.75 Å². The average Bonchev–Trinajstić information content (AvgIpc) is 2.97. The first-order valence-electron chi connectivity index (χ1n) is 8.36. The van der Waals surface area contributed by atoms with Crippen molar-refractivity contribution in [3.8, 4) is 5.75 Å². The zero-order valence-corrected chi connectivity index (χ0v) is 14.3. The van der Waals surface area contributed by atoms with E-state index in [1.807, 2.05) is 12.1 Å². The molecular weight excluding hydrogens is 334 g/mol. The van der Waals surface area contributed by atoms with Gasteiger partial charge in [0, 0.05) is 24.5 Å². The third-order valence-electron chi connectivity index (χ3n) is 4.66. The molecule has 8 nitrogen and oxygen atoms in total. The molecule has 3 aromatic rings. The van der Waals surface area contributed by atoms with Gasteiger partial charge in [0.2, 0.25) is 5.91 Å². The number of nitrogens with two attached hydrogens (primary N) is 1. The number of hydrogen-bond donors (Lipinski definition) is 1. The topological polar surface area (TPSA) is 94.9 Å². The maximum atomic E-state index is 12.9. The summed E-state index contributed by atoms with van der Waals surface area (Å²) in [6.45, 7) is 0.378. The number of methoxy groups -OCH3 is 1. The summed E-state index contributed by atoms with van der Waals surface area (Å²) in [7, 11) is 1.59. The zero-order valence-electron chi connectivity index (χ0n) is 14.3. The Morgan fingerprint density at radius 2 is 2.19 bits per heavy atom. The molecule has 1 aliphatic rings. The van der Waals surface area contributed by atoms with Gasteiger partial charge in [-0.15, -0.1) is 5.10 Å². The number of hydrogen-bond acceptors (Lipinski definition) is 5. The Hall–Kier alpha value is -3.13. The number of amides is 1. The predicted molar refractivity (Wildman–Crippen MR) is 96.3 cm³/mol. The van der Waals surface area contributed by atoms with Gasteiger partial charge < -0.3 is 15.4 Å². The van der Waals surface area contributed by atoms with Crippen molar-refractivity contribution in [2.24, 2.45) is 5.73 Å². The summed E-state index contributed by atoms with van der Waals surface area (Å²) in [5, 5.41) is 4.22. The van der Waals surface area contributed by atoms with Gasteiger partial charge >= 0.3 is 5.69 Å². The number of fused-ring (bicyclic) bond motifs is 2. The number of carbonyl (C=O) groups excluding carboxylic acids is 1. The second kappa shape index (κ2) is 6.30. The summed E-state index contributed by atoms with van der Waals surface area (Å²) < 4.78 is 7.86. The van der Waals surface area contributed by atoms with Crippen molar-refractivity contribution in [3.05, 3.63) is 58.6 Å². The fourth-order valence-electron chi connectivity index (χ4n) is 3.29. The van der Waals surface area contributed by atoms with Gasteiger partial charge in [-0.1, -0.05) is 6.07 Å². The molecule has 0 saturated carbocycles. The molecule has 1 aromatic carbocycles. The van der Waals surface area contributed by atoms with Crippen LogP contribution in [0.4, 0.5) is 5.69 Å². The molecule has 4 rings (SSSR count). The highest BCUT2D eigenvalue weighted by molar-refractivity contribution is 5.94. The van der Waals surface area contributed by atoms with Gasteiger partial charge in [0.15, 0.2) is 5.65 Å². The van der Waals surface area contributed by atoms with E-state index >= 15 is 0 Å². The van der Waals surface area contributed by atoms with Crippen LogP contribution in [0, 0.1) is 0 Å². The monoisotopic (exact) mass is 353 g/mol. The minimum absolute atomic E-state index is 0.124. The Kier molecular flexibility index (Phi) is 3.96. The summed E-state index contributed by atoms with van der Waals surface area (Å²) >= 11 is 0. The lowest BCUT2D eigenvalue weighted by atomic mass is 9.96. The standard InChI is InChI=1S/C18H19N5O3/c1-26-12-5-6-15-13(10-12)14(19)7-9-21(15)17(24)11-23-18(25)22-8-3-2-4-16(22)20-23/h2-6,8,10,14H,7,9,11,19H2,1H3.